The molecule has 31 heavy (non-hydrogen) atoms. The Morgan fingerprint density at radius 1 is 0.935 bits per heavy atom. The van der Waals surface area contributed by atoms with Gasteiger partial charge in [-0.1, -0.05) is 30.3 Å². The second-order valence-electron chi connectivity index (χ2n) is 7.05. The predicted octanol–water partition coefficient (Wildman–Crippen LogP) is 3.63. The molecule has 7 heteroatoms. The second kappa shape index (κ2) is 10.5. The lowest BCUT2D eigenvalue weighted by Gasteiger charge is -2.23. The molecule has 0 unspecified atom stereocenters. The lowest BCUT2D eigenvalue weighted by atomic mass is 10.1. The molecule has 0 bridgehead atoms. The number of carbonyl (C=O) groups excluding carboxylic acids is 2. The number of esters is 1. The van der Waals surface area contributed by atoms with Crippen LogP contribution in [0, 0.1) is 0 Å². The van der Waals surface area contributed by atoms with Gasteiger partial charge in [0.25, 0.3) is 5.91 Å². The number of amides is 1. The number of carbonyl (C=O) groups is 2. The first-order valence-electron chi connectivity index (χ1n) is 10.1. The van der Waals surface area contributed by atoms with E-state index in [-0.39, 0.29) is 5.91 Å². The standard InChI is InChI=1S/C24H27NO6/c1-28-19-15-17(16-20(29-2)23(19)30-3)11-12-21(26)31-22(18-9-5-4-6-10-18)24(27)25-13-7-8-14-25/h4-6,9-12,15-16,22H,7-8,13-14H2,1-3H3/b12-11+/t22-/m0/s1. The summed E-state index contributed by atoms with van der Waals surface area (Å²) < 4.78 is 21.6. The third-order valence-corrected chi connectivity index (χ3v) is 5.08. The molecule has 2 aromatic carbocycles. The molecule has 1 atom stereocenters. The molecule has 0 aromatic heterocycles. The zero-order chi connectivity index (χ0) is 22.2. The summed E-state index contributed by atoms with van der Waals surface area (Å²) >= 11 is 0. The minimum absolute atomic E-state index is 0.196. The predicted molar refractivity (Wildman–Crippen MR) is 116 cm³/mol. The van der Waals surface area contributed by atoms with Crippen LogP contribution in [0.15, 0.2) is 48.5 Å². The summed E-state index contributed by atoms with van der Waals surface area (Å²) in [5.41, 5.74) is 1.31. The van der Waals surface area contributed by atoms with E-state index in [1.165, 1.54) is 27.4 Å². The van der Waals surface area contributed by atoms with Crippen molar-refractivity contribution in [1.29, 1.82) is 0 Å². The minimum Gasteiger partial charge on any atom is -0.493 e. The van der Waals surface area contributed by atoms with E-state index in [9.17, 15) is 9.59 Å². The monoisotopic (exact) mass is 425 g/mol. The van der Waals surface area contributed by atoms with E-state index in [0.29, 0.717) is 41.5 Å². The van der Waals surface area contributed by atoms with Gasteiger partial charge in [0.1, 0.15) is 0 Å². The topological polar surface area (TPSA) is 74.3 Å². The zero-order valence-electron chi connectivity index (χ0n) is 18.0. The van der Waals surface area contributed by atoms with Crippen LogP contribution in [0.4, 0.5) is 0 Å². The first kappa shape index (κ1) is 22.2. The number of likely N-dealkylation sites (tertiary alicyclic amines) is 1. The van der Waals surface area contributed by atoms with Crippen molar-refractivity contribution in [3.63, 3.8) is 0 Å². The van der Waals surface area contributed by atoms with Crippen LogP contribution in [-0.4, -0.2) is 51.2 Å². The summed E-state index contributed by atoms with van der Waals surface area (Å²) in [5.74, 6) is 0.598. The summed E-state index contributed by atoms with van der Waals surface area (Å²) in [6, 6.07) is 12.5. The molecular weight excluding hydrogens is 398 g/mol. The third kappa shape index (κ3) is 5.36. The first-order chi connectivity index (χ1) is 15.1. The van der Waals surface area contributed by atoms with Gasteiger partial charge >= 0.3 is 5.97 Å². The number of hydrogen-bond donors (Lipinski definition) is 0. The van der Waals surface area contributed by atoms with Gasteiger partial charge in [0.05, 0.1) is 21.3 Å². The summed E-state index contributed by atoms with van der Waals surface area (Å²) in [7, 11) is 4.56. The van der Waals surface area contributed by atoms with E-state index in [1.807, 2.05) is 18.2 Å². The van der Waals surface area contributed by atoms with Gasteiger partial charge in [0.2, 0.25) is 11.9 Å². The second-order valence-corrected chi connectivity index (χ2v) is 7.05. The van der Waals surface area contributed by atoms with Gasteiger partial charge < -0.3 is 23.8 Å². The summed E-state index contributed by atoms with van der Waals surface area (Å²) in [6.45, 7) is 1.36. The number of methoxy groups -OCH3 is 3. The van der Waals surface area contributed by atoms with Gasteiger partial charge in [-0.25, -0.2) is 4.79 Å². The Kier molecular flexibility index (Phi) is 7.54. The molecule has 1 fully saturated rings. The maximum absolute atomic E-state index is 13.0. The highest BCUT2D eigenvalue weighted by Gasteiger charge is 2.30. The Balaban J connectivity index is 1.79. The van der Waals surface area contributed by atoms with Crippen LogP contribution in [0.1, 0.15) is 30.1 Å². The van der Waals surface area contributed by atoms with Crippen LogP contribution >= 0.6 is 0 Å². The molecule has 0 N–H and O–H groups in total. The molecule has 1 aliphatic rings. The van der Waals surface area contributed by atoms with Crippen molar-refractivity contribution in [2.75, 3.05) is 34.4 Å². The number of ether oxygens (including phenoxy) is 4. The van der Waals surface area contributed by atoms with E-state index in [4.69, 9.17) is 18.9 Å². The quantitative estimate of drug-likeness (QED) is 0.475. The van der Waals surface area contributed by atoms with Gasteiger partial charge in [-0.15, -0.1) is 0 Å². The van der Waals surface area contributed by atoms with E-state index in [0.717, 1.165) is 12.8 Å². The Morgan fingerprint density at radius 2 is 1.55 bits per heavy atom. The van der Waals surface area contributed by atoms with Crippen LogP contribution in [0.2, 0.25) is 0 Å². The molecule has 0 aliphatic carbocycles. The SMILES string of the molecule is COc1cc(/C=C/C(=O)O[C@H](C(=O)N2CCCC2)c2ccccc2)cc(OC)c1OC. The molecule has 0 saturated carbocycles. The Bertz CT molecular complexity index is 909. The summed E-state index contributed by atoms with van der Waals surface area (Å²) in [6.07, 6.45) is 3.81. The van der Waals surface area contributed by atoms with E-state index in [1.54, 1.807) is 35.2 Å². The normalized spacial score (nSPS) is 14.4. The van der Waals surface area contributed by atoms with Gasteiger partial charge in [-0.3, -0.25) is 4.79 Å². The molecule has 0 spiro atoms. The average molecular weight is 425 g/mol. The van der Waals surface area contributed by atoms with Crippen LogP contribution in [-0.2, 0) is 14.3 Å². The van der Waals surface area contributed by atoms with Crippen molar-refractivity contribution in [3.05, 3.63) is 59.7 Å². The Hall–Kier alpha value is -3.48. The maximum Gasteiger partial charge on any atom is 0.331 e. The van der Waals surface area contributed by atoms with Crippen LogP contribution < -0.4 is 14.2 Å². The molecule has 1 saturated heterocycles. The van der Waals surface area contributed by atoms with Crippen LogP contribution in [0.5, 0.6) is 17.2 Å². The molecular formula is C24H27NO6. The minimum atomic E-state index is -0.976. The third-order valence-electron chi connectivity index (χ3n) is 5.08. The molecule has 0 radical (unpaired) electrons. The van der Waals surface area contributed by atoms with Crippen molar-refractivity contribution >= 4 is 18.0 Å². The van der Waals surface area contributed by atoms with Gasteiger partial charge in [-0.2, -0.15) is 0 Å². The maximum atomic E-state index is 13.0. The van der Waals surface area contributed by atoms with Crippen LogP contribution in [0.25, 0.3) is 6.08 Å². The lowest BCUT2D eigenvalue weighted by Crippen LogP contribution is -2.34. The smallest absolute Gasteiger partial charge is 0.331 e. The molecule has 2 aromatic rings. The van der Waals surface area contributed by atoms with Gasteiger partial charge in [-0.05, 0) is 36.6 Å². The van der Waals surface area contributed by atoms with Gasteiger partial charge in [0.15, 0.2) is 11.5 Å². The number of hydrogen-bond acceptors (Lipinski definition) is 6. The number of benzene rings is 2. The fourth-order valence-electron chi connectivity index (χ4n) is 3.51. The summed E-state index contributed by atoms with van der Waals surface area (Å²) in [4.78, 5) is 27.3. The van der Waals surface area contributed by atoms with E-state index in [2.05, 4.69) is 0 Å². The van der Waals surface area contributed by atoms with Crippen molar-refractivity contribution in [1.82, 2.24) is 4.90 Å². The lowest BCUT2D eigenvalue weighted by molar-refractivity contribution is -0.156. The fourth-order valence-corrected chi connectivity index (χ4v) is 3.51. The molecule has 1 heterocycles. The first-order valence-corrected chi connectivity index (χ1v) is 10.1. The van der Waals surface area contributed by atoms with Crippen LogP contribution in [0.3, 0.4) is 0 Å². The van der Waals surface area contributed by atoms with Crippen molar-refractivity contribution in [2.24, 2.45) is 0 Å². The Morgan fingerprint density at radius 3 is 2.10 bits per heavy atom. The highest BCUT2D eigenvalue weighted by molar-refractivity contribution is 5.91. The fraction of sp³-hybridized carbons (Fsp3) is 0.333. The highest BCUT2D eigenvalue weighted by Crippen LogP contribution is 2.38. The molecule has 1 amide bonds. The zero-order valence-corrected chi connectivity index (χ0v) is 18.0. The summed E-state index contributed by atoms with van der Waals surface area (Å²) in [5, 5.41) is 0. The van der Waals surface area contributed by atoms with Gasteiger partial charge in [0, 0.05) is 24.7 Å². The highest BCUT2D eigenvalue weighted by atomic mass is 16.5. The van der Waals surface area contributed by atoms with Crippen molar-refractivity contribution < 1.29 is 28.5 Å². The Labute approximate surface area is 182 Å². The molecule has 7 nitrogen and oxygen atoms in total. The molecule has 1 aliphatic heterocycles. The van der Waals surface area contributed by atoms with E-state index >= 15 is 0 Å². The average Bonchev–Trinajstić information content (AvgIpc) is 3.35. The largest absolute Gasteiger partial charge is 0.493 e. The van der Waals surface area contributed by atoms with Crippen molar-refractivity contribution in [3.8, 4) is 17.2 Å². The molecule has 3 rings (SSSR count). The number of nitrogens with zero attached hydrogens (tertiary/aromatic N) is 1. The number of rotatable bonds is 8. The molecule has 164 valence electrons. The van der Waals surface area contributed by atoms with Crippen molar-refractivity contribution in [2.45, 2.75) is 18.9 Å². The van der Waals surface area contributed by atoms with E-state index < -0.39 is 12.1 Å².